The van der Waals surface area contributed by atoms with Crippen LogP contribution in [0.3, 0.4) is 0 Å². The number of carbonyl (C=O) groups excluding carboxylic acids is 1. The Hall–Kier alpha value is -2.62. The smallest absolute Gasteiger partial charge is 0.270 e. The summed E-state index contributed by atoms with van der Waals surface area (Å²) in [5.41, 5.74) is 4.31. The minimum Gasteiger partial charge on any atom is -0.296 e. The van der Waals surface area contributed by atoms with Gasteiger partial charge in [-0.15, -0.1) is 10.2 Å². The molecule has 0 aliphatic carbocycles. The Morgan fingerprint density at radius 3 is 2.45 bits per heavy atom. The standard InChI is InChI=1S/C20H22N4O3S2/c1-12-9-10-16(14(3)11-12)15(4)24-29(26,27)20-23-22-19(28-20)21-18(25)17-8-6-5-7-13(17)2/h5-11,15,24H,1-4H3,(H,21,22,25)/t15-/m0/s1. The molecule has 152 valence electrons. The summed E-state index contributed by atoms with van der Waals surface area (Å²) in [6, 6.07) is 12.5. The zero-order chi connectivity index (χ0) is 21.2. The molecule has 1 amide bonds. The van der Waals surface area contributed by atoms with Crippen molar-refractivity contribution in [3.8, 4) is 0 Å². The number of nitrogens with one attached hydrogen (secondary N) is 2. The van der Waals surface area contributed by atoms with E-state index in [-0.39, 0.29) is 15.4 Å². The first-order valence-electron chi connectivity index (χ1n) is 8.97. The molecule has 0 saturated carbocycles. The van der Waals surface area contributed by atoms with Gasteiger partial charge < -0.3 is 0 Å². The van der Waals surface area contributed by atoms with Crippen LogP contribution in [0.1, 0.15) is 45.6 Å². The van der Waals surface area contributed by atoms with E-state index in [0.29, 0.717) is 5.56 Å². The normalized spacial score (nSPS) is 12.6. The number of aryl methyl sites for hydroxylation is 3. The van der Waals surface area contributed by atoms with Gasteiger partial charge in [0.2, 0.25) is 9.47 Å². The second-order valence-corrected chi connectivity index (χ2v) is 9.71. The number of anilines is 1. The summed E-state index contributed by atoms with van der Waals surface area (Å²) in [6.07, 6.45) is 0. The van der Waals surface area contributed by atoms with Crippen molar-refractivity contribution in [1.82, 2.24) is 14.9 Å². The molecular formula is C20H22N4O3S2. The third-order valence-corrected chi connectivity index (χ3v) is 7.22. The summed E-state index contributed by atoms with van der Waals surface area (Å²) in [4.78, 5) is 12.4. The highest BCUT2D eigenvalue weighted by Crippen LogP contribution is 2.24. The summed E-state index contributed by atoms with van der Waals surface area (Å²) < 4.78 is 27.8. The number of nitrogens with zero attached hydrogens (tertiary/aromatic N) is 2. The van der Waals surface area contributed by atoms with Gasteiger partial charge in [-0.3, -0.25) is 10.1 Å². The molecule has 2 N–H and O–H groups in total. The minimum absolute atomic E-state index is 0.123. The van der Waals surface area contributed by atoms with Crippen molar-refractivity contribution in [1.29, 1.82) is 0 Å². The van der Waals surface area contributed by atoms with Crippen LogP contribution in [0.25, 0.3) is 0 Å². The lowest BCUT2D eigenvalue weighted by molar-refractivity contribution is 0.102. The molecule has 2 aromatic carbocycles. The van der Waals surface area contributed by atoms with Crippen LogP contribution in [0, 0.1) is 20.8 Å². The van der Waals surface area contributed by atoms with Crippen LogP contribution in [0.15, 0.2) is 46.8 Å². The van der Waals surface area contributed by atoms with Crippen molar-refractivity contribution in [2.45, 2.75) is 38.1 Å². The first-order chi connectivity index (χ1) is 13.7. The molecule has 3 rings (SSSR count). The molecule has 0 spiro atoms. The second-order valence-electron chi connectivity index (χ2n) is 6.85. The molecule has 0 bridgehead atoms. The van der Waals surface area contributed by atoms with Crippen LogP contribution in [0.2, 0.25) is 0 Å². The lowest BCUT2D eigenvalue weighted by Crippen LogP contribution is -2.27. The van der Waals surface area contributed by atoms with Gasteiger partial charge in [-0.05, 0) is 50.5 Å². The Morgan fingerprint density at radius 1 is 1.03 bits per heavy atom. The van der Waals surface area contributed by atoms with Gasteiger partial charge >= 0.3 is 0 Å². The van der Waals surface area contributed by atoms with E-state index in [9.17, 15) is 13.2 Å². The molecule has 1 atom stereocenters. The average molecular weight is 431 g/mol. The number of sulfonamides is 1. The molecule has 29 heavy (non-hydrogen) atoms. The number of carbonyl (C=O) groups is 1. The van der Waals surface area contributed by atoms with Crippen molar-refractivity contribution in [3.05, 3.63) is 70.3 Å². The molecule has 0 radical (unpaired) electrons. The maximum absolute atomic E-state index is 12.7. The molecule has 7 nitrogen and oxygen atoms in total. The van der Waals surface area contributed by atoms with Crippen molar-refractivity contribution in [3.63, 3.8) is 0 Å². The largest absolute Gasteiger partial charge is 0.296 e. The van der Waals surface area contributed by atoms with Crippen LogP contribution in [-0.2, 0) is 10.0 Å². The summed E-state index contributed by atoms with van der Waals surface area (Å²) in [6.45, 7) is 7.53. The predicted molar refractivity (Wildman–Crippen MR) is 114 cm³/mol. The molecule has 1 heterocycles. The van der Waals surface area contributed by atoms with E-state index >= 15 is 0 Å². The van der Waals surface area contributed by atoms with E-state index in [1.807, 2.05) is 51.1 Å². The first-order valence-corrected chi connectivity index (χ1v) is 11.3. The van der Waals surface area contributed by atoms with Crippen LogP contribution in [0.5, 0.6) is 0 Å². The highest BCUT2D eigenvalue weighted by molar-refractivity contribution is 7.91. The van der Waals surface area contributed by atoms with E-state index in [0.717, 1.165) is 33.6 Å². The van der Waals surface area contributed by atoms with Gasteiger partial charge in [0.05, 0.1) is 0 Å². The minimum atomic E-state index is -3.88. The number of amides is 1. The molecule has 0 fully saturated rings. The number of rotatable bonds is 6. The molecule has 0 saturated heterocycles. The second kappa shape index (κ2) is 8.40. The molecule has 9 heteroatoms. The summed E-state index contributed by atoms with van der Waals surface area (Å²) in [7, 11) is -3.88. The maximum Gasteiger partial charge on any atom is 0.270 e. The highest BCUT2D eigenvalue weighted by atomic mass is 32.2. The van der Waals surface area contributed by atoms with Gasteiger partial charge in [-0.2, -0.15) is 0 Å². The number of hydrogen-bond acceptors (Lipinski definition) is 6. The maximum atomic E-state index is 12.7. The lowest BCUT2D eigenvalue weighted by Gasteiger charge is -2.16. The molecular weight excluding hydrogens is 408 g/mol. The van der Waals surface area contributed by atoms with E-state index in [2.05, 4.69) is 20.2 Å². The Kier molecular flexibility index (Phi) is 6.11. The summed E-state index contributed by atoms with van der Waals surface area (Å²) >= 11 is 0.808. The zero-order valence-corrected chi connectivity index (χ0v) is 18.2. The van der Waals surface area contributed by atoms with Crippen molar-refractivity contribution >= 4 is 32.4 Å². The Balaban J connectivity index is 1.74. The molecule has 1 aromatic heterocycles. The first kappa shape index (κ1) is 21.1. The lowest BCUT2D eigenvalue weighted by atomic mass is 10.0. The van der Waals surface area contributed by atoms with Crippen molar-refractivity contribution in [2.24, 2.45) is 0 Å². The number of benzene rings is 2. The topological polar surface area (TPSA) is 101 Å². The quantitative estimate of drug-likeness (QED) is 0.580. The SMILES string of the molecule is Cc1ccc([C@H](C)NS(=O)(=O)c2nnc(NC(=O)c3ccccc3C)s2)c(C)c1. The van der Waals surface area contributed by atoms with Crippen LogP contribution in [0.4, 0.5) is 5.13 Å². The Labute approximate surface area is 174 Å². The van der Waals surface area contributed by atoms with E-state index < -0.39 is 16.1 Å². The van der Waals surface area contributed by atoms with Gasteiger partial charge in [0.15, 0.2) is 0 Å². The third kappa shape index (κ3) is 4.87. The van der Waals surface area contributed by atoms with Gasteiger partial charge in [0, 0.05) is 11.6 Å². The zero-order valence-electron chi connectivity index (χ0n) is 16.6. The molecule has 0 unspecified atom stereocenters. The van der Waals surface area contributed by atoms with E-state index in [1.54, 1.807) is 19.1 Å². The fourth-order valence-electron chi connectivity index (χ4n) is 3.02. The van der Waals surface area contributed by atoms with Gasteiger partial charge in [0.1, 0.15) is 0 Å². The van der Waals surface area contributed by atoms with Gasteiger partial charge in [-0.25, -0.2) is 13.1 Å². The fourth-order valence-corrected chi connectivity index (χ4v) is 5.15. The highest BCUT2D eigenvalue weighted by Gasteiger charge is 2.24. The molecule has 0 aliphatic rings. The van der Waals surface area contributed by atoms with Crippen LogP contribution in [-0.4, -0.2) is 24.5 Å². The Morgan fingerprint density at radius 2 is 1.76 bits per heavy atom. The Bertz CT molecular complexity index is 1160. The molecule has 3 aromatic rings. The van der Waals surface area contributed by atoms with Crippen LogP contribution < -0.4 is 10.0 Å². The fraction of sp³-hybridized carbons (Fsp3) is 0.250. The summed E-state index contributed by atoms with van der Waals surface area (Å²) in [5.74, 6) is -0.361. The number of aromatic nitrogens is 2. The monoisotopic (exact) mass is 430 g/mol. The molecule has 0 aliphatic heterocycles. The summed E-state index contributed by atoms with van der Waals surface area (Å²) in [5, 5.41) is 10.3. The predicted octanol–water partition coefficient (Wildman–Crippen LogP) is 3.76. The third-order valence-electron chi connectivity index (χ3n) is 4.47. The van der Waals surface area contributed by atoms with Crippen molar-refractivity contribution < 1.29 is 13.2 Å². The van der Waals surface area contributed by atoms with Crippen LogP contribution >= 0.6 is 11.3 Å². The average Bonchev–Trinajstić information content (AvgIpc) is 3.11. The van der Waals surface area contributed by atoms with E-state index in [4.69, 9.17) is 0 Å². The van der Waals surface area contributed by atoms with Gasteiger partial charge in [0.25, 0.3) is 15.9 Å². The van der Waals surface area contributed by atoms with Gasteiger partial charge in [-0.1, -0.05) is 53.3 Å². The van der Waals surface area contributed by atoms with Crippen molar-refractivity contribution in [2.75, 3.05) is 5.32 Å². The number of hydrogen-bond donors (Lipinski definition) is 2. The van der Waals surface area contributed by atoms with E-state index in [1.165, 1.54) is 0 Å².